The van der Waals surface area contributed by atoms with Crippen LogP contribution in [0.2, 0.25) is 0 Å². The molecule has 48 heavy (non-hydrogen) atoms. The molecule has 0 rings (SSSR count). The van der Waals surface area contributed by atoms with Crippen molar-refractivity contribution < 1.29 is 33.7 Å². The Morgan fingerprint density at radius 2 is 0.729 bits per heavy atom. The number of carbonyl (C=O) groups is 3. The van der Waals surface area contributed by atoms with E-state index in [0.29, 0.717) is 19.3 Å². The lowest BCUT2D eigenvalue weighted by Crippen LogP contribution is -2.42. The van der Waals surface area contributed by atoms with Crippen LogP contribution >= 0.6 is 0 Å². The van der Waals surface area contributed by atoms with E-state index in [4.69, 9.17) is 14.2 Å². The molecule has 0 aliphatic carbocycles. The second-order valence-corrected chi connectivity index (χ2v) is 13.6. The summed E-state index contributed by atoms with van der Waals surface area (Å²) in [6.45, 7) is 5.62. The summed E-state index contributed by atoms with van der Waals surface area (Å²) < 4.78 is 16.6. The highest BCUT2D eigenvalue weighted by atomic mass is 16.6. The molecule has 0 spiro atoms. The van der Waals surface area contributed by atoms with Gasteiger partial charge in [0.25, 0.3) is 0 Å². The molecule has 1 N–H and O–H groups in total. The molecule has 0 saturated heterocycles. The number of aliphatic hydroxyl groups is 1. The molecule has 0 fully saturated rings. The van der Waals surface area contributed by atoms with Crippen molar-refractivity contribution in [1.82, 2.24) is 0 Å². The fourth-order valence-electron chi connectivity index (χ4n) is 5.29. The number of esters is 3. The Morgan fingerprint density at radius 1 is 0.438 bits per heavy atom. The summed E-state index contributed by atoms with van der Waals surface area (Å²) in [6, 6.07) is 0. The van der Waals surface area contributed by atoms with Gasteiger partial charge in [-0.05, 0) is 57.8 Å². The number of allylic oxidation sites excluding steroid dienone is 4. The number of rotatable bonds is 35. The maximum atomic E-state index is 12.6. The fraction of sp³-hybridized carbons (Fsp3) is 0.829. The van der Waals surface area contributed by atoms with Crippen LogP contribution in [-0.2, 0) is 28.6 Å². The van der Waals surface area contributed by atoms with Gasteiger partial charge in [0, 0.05) is 19.3 Å². The lowest BCUT2D eigenvalue weighted by molar-refractivity contribution is -0.165. The summed E-state index contributed by atoms with van der Waals surface area (Å²) in [4.78, 5) is 37.6. The second kappa shape index (κ2) is 34.7. The molecular formula is C41H74O7. The van der Waals surface area contributed by atoms with E-state index in [9.17, 15) is 19.5 Å². The second-order valence-electron chi connectivity index (χ2n) is 13.6. The van der Waals surface area contributed by atoms with E-state index < -0.39 is 12.0 Å². The Kier molecular flexibility index (Phi) is 33.1. The third kappa shape index (κ3) is 29.9. The molecule has 0 aliphatic heterocycles. The molecule has 0 aromatic heterocycles. The number of hydrogen-bond donors (Lipinski definition) is 1. The van der Waals surface area contributed by atoms with Gasteiger partial charge in [-0.25, -0.2) is 0 Å². The molecule has 280 valence electrons. The van der Waals surface area contributed by atoms with Gasteiger partial charge in [0.15, 0.2) is 0 Å². The van der Waals surface area contributed by atoms with Gasteiger partial charge < -0.3 is 19.3 Å². The minimum Gasteiger partial charge on any atom is -0.465 e. The van der Waals surface area contributed by atoms with Gasteiger partial charge in [-0.15, -0.1) is 0 Å². The van der Waals surface area contributed by atoms with Gasteiger partial charge in [0.2, 0.25) is 0 Å². The van der Waals surface area contributed by atoms with Gasteiger partial charge in [-0.2, -0.15) is 0 Å². The Morgan fingerprint density at radius 3 is 1.06 bits per heavy atom. The first-order valence-corrected chi connectivity index (χ1v) is 19.8. The highest BCUT2D eigenvalue weighted by molar-refractivity contribution is 5.70. The zero-order chi connectivity index (χ0) is 35.4. The van der Waals surface area contributed by atoms with Crippen LogP contribution in [0.1, 0.15) is 188 Å². The van der Waals surface area contributed by atoms with E-state index in [1.54, 1.807) is 0 Å². The molecule has 0 heterocycles. The number of aliphatic hydroxyl groups excluding tert-OH is 1. The van der Waals surface area contributed by atoms with E-state index in [2.05, 4.69) is 45.1 Å². The van der Waals surface area contributed by atoms with Gasteiger partial charge in [0.1, 0.15) is 19.8 Å². The van der Waals surface area contributed by atoms with E-state index in [0.717, 1.165) is 109 Å². The van der Waals surface area contributed by atoms with Gasteiger partial charge in [-0.3, -0.25) is 14.4 Å². The van der Waals surface area contributed by atoms with Crippen molar-refractivity contribution in [3.05, 3.63) is 24.3 Å². The van der Waals surface area contributed by atoms with Gasteiger partial charge in [-0.1, -0.05) is 135 Å². The number of unbranched alkanes of at least 4 members (excludes halogenated alkanes) is 18. The van der Waals surface area contributed by atoms with Crippen LogP contribution in [0.3, 0.4) is 0 Å². The average Bonchev–Trinajstić information content (AvgIpc) is 3.09. The summed E-state index contributed by atoms with van der Waals surface area (Å²) in [6.07, 6.45) is 34.8. The average molecular weight is 679 g/mol. The molecule has 0 aliphatic rings. The normalized spacial score (nSPS) is 11.8. The summed E-state index contributed by atoms with van der Waals surface area (Å²) in [5.74, 6) is -1.05. The highest BCUT2D eigenvalue weighted by Gasteiger charge is 2.35. The first-order valence-electron chi connectivity index (χ1n) is 19.8. The van der Waals surface area contributed by atoms with E-state index in [1.165, 1.54) is 38.5 Å². The van der Waals surface area contributed by atoms with Crippen molar-refractivity contribution >= 4 is 17.9 Å². The van der Waals surface area contributed by atoms with Crippen LogP contribution in [0, 0.1) is 5.41 Å². The fourth-order valence-corrected chi connectivity index (χ4v) is 5.29. The summed E-state index contributed by atoms with van der Waals surface area (Å²) >= 11 is 0. The molecule has 0 saturated carbocycles. The summed E-state index contributed by atoms with van der Waals surface area (Å²) in [7, 11) is 0. The van der Waals surface area contributed by atoms with Crippen molar-refractivity contribution in [3.8, 4) is 0 Å². The zero-order valence-corrected chi connectivity index (χ0v) is 31.4. The van der Waals surface area contributed by atoms with Crippen LogP contribution in [0.4, 0.5) is 0 Å². The zero-order valence-electron chi connectivity index (χ0n) is 31.4. The van der Waals surface area contributed by atoms with Crippen molar-refractivity contribution in [2.75, 3.05) is 26.4 Å². The van der Waals surface area contributed by atoms with Crippen LogP contribution < -0.4 is 0 Å². The molecule has 0 radical (unpaired) electrons. The maximum Gasteiger partial charge on any atom is 0.305 e. The first kappa shape index (κ1) is 45.9. The molecule has 0 aromatic rings. The Labute approximate surface area is 295 Å². The predicted molar refractivity (Wildman–Crippen MR) is 198 cm³/mol. The van der Waals surface area contributed by atoms with Crippen molar-refractivity contribution in [2.45, 2.75) is 188 Å². The Hall–Kier alpha value is -2.15. The third-order valence-corrected chi connectivity index (χ3v) is 8.72. The monoisotopic (exact) mass is 679 g/mol. The molecule has 0 bridgehead atoms. The van der Waals surface area contributed by atoms with E-state index >= 15 is 0 Å². The smallest absolute Gasteiger partial charge is 0.305 e. The van der Waals surface area contributed by atoms with Crippen LogP contribution in [0.15, 0.2) is 24.3 Å². The maximum absolute atomic E-state index is 12.6. The Bertz CT molecular complexity index is 772. The van der Waals surface area contributed by atoms with E-state index in [-0.39, 0.29) is 37.7 Å². The molecule has 7 heteroatoms. The topological polar surface area (TPSA) is 99.1 Å². The van der Waals surface area contributed by atoms with Crippen LogP contribution in [0.25, 0.3) is 0 Å². The molecule has 0 unspecified atom stereocenters. The third-order valence-electron chi connectivity index (χ3n) is 8.72. The van der Waals surface area contributed by atoms with Crippen LogP contribution in [0.5, 0.6) is 0 Å². The molecule has 7 nitrogen and oxygen atoms in total. The van der Waals surface area contributed by atoms with Crippen LogP contribution in [-0.4, -0.2) is 49.4 Å². The first-order chi connectivity index (χ1) is 23.4. The van der Waals surface area contributed by atoms with Gasteiger partial charge in [0.05, 0.1) is 12.0 Å². The molecule has 0 aromatic carbocycles. The summed E-state index contributed by atoms with van der Waals surface area (Å²) in [5, 5.41) is 10.4. The Balaban J connectivity index is 4.61. The largest absolute Gasteiger partial charge is 0.465 e. The lowest BCUT2D eigenvalue weighted by Gasteiger charge is -2.30. The number of ether oxygens (including phenoxy) is 3. The molecule has 0 amide bonds. The minimum atomic E-state index is -1.18. The van der Waals surface area contributed by atoms with Crippen molar-refractivity contribution in [3.63, 3.8) is 0 Å². The standard InChI is InChI=1S/C41H74O7/c1-4-7-10-13-15-17-19-21-23-26-29-32-39(44)47-36-41(34-42,35-46-38(43)31-28-25-12-9-6-3)37-48-40(45)33-30-27-24-22-20-18-16-14-11-8-5-2/h13-16,42H,4-12,17-37H2,1-3H3/b15-13-,16-14-. The summed E-state index contributed by atoms with van der Waals surface area (Å²) in [5.41, 5.74) is -1.18. The SMILES string of the molecule is CCCC/C=C\CCCCCCCC(=O)OCC(CO)(COC(=O)CCCCCCC)COC(=O)CCCCCCC/C=C\CCCC. The highest BCUT2D eigenvalue weighted by Crippen LogP contribution is 2.21. The number of hydrogen-bond acceptors (Lipinski definition) is 7. The van der Waals surface area contributed by atoms with E-state index in [1.807, 2.05) is 0 Å². The quantitative estimate of drug-likeness (QED) is 0.0308. The molecular weight excluding hydrogens is 604 g/mol. The molecule has 0 atom stereocenters. The van der Waals surface area contributed by atoms with Crippen molar-refractivity contribution in [2.24, 2.45) is 5.41 Å². The number of carbonyl (C=O) groups excluding carboxylic acids is 3. The minimum absolute atomic E-state index is 0.169. The lowest BCUT2D eigenvalue weighted by atomic mass is 9.92. The predicted octanol–water partition coefficient (Wildman–Crippen LogP) is 10.9. The van der Waals surface area contributed by atoms with Gasteiger partial charge >= 0.3 is 17.9 Å². The van der Waals surface area contributed by atoms with Crippen molar-refractivity contribution in [1.29, 1.82) is 0 Å².